The second-order valence-corrected chi connectivity index (χ2v) is 6.19. The van der Waals surface area contributed by atoms with Crippen LogP contribution in [0.2, 0.25) is 0 Å². The number of rotatable bonds is 2. The van der Waals surface area contributed by atoms with Crippen LogP contribution in [-0.2, 0) is 9.59 Å². The minimum Gasteiger partial charge on any atom is -0.297 e. The van der Waals surface area contributed by atoms with E-state index in [-0.39, 0.29) is 5.57 Å². The van der Waals surface area contributed by atoms with Gasteiger partial charge in [-0.15, -0.1) is 0 Å². The fraction of sp³-hybridized carbons (Fsp3) is 0.0500. The van der Waals surface area contributed by atoms with Gasteiger partial charge in [-0.25, -0.2) is 0 Å². The number of nitrogens with one attached hydrogen (secondary N) is 1. The Morgan fingerprint density at radius 3 is 2.44 bits per heavy atom. The number of anilines is 1. The number of halogens is 1. The van der Waals surface area contributed by atoms with E-state index in [0.717, 1.165) is 27.2 Å². The number of benzene rings is 3. The molecule has 0 saturated heterocycles. The van der Waals surface area contributed by atoms with Crippen LogP contribution >= 0.6 is 11.8 Å². The molecule has 0 heterocycles. The number of fused-ring (bicyclic) bond motifs is 3. The Morgan fingerprint density at radius 1 is 0.960 bits per heavy atom. The minimum atomic E-state index is -0.754. The fourth-order valence-corrected chi connectivity index (χ4v) is 3.48. The second kappa shape index (κ2) is 5.53. The Bertz CT molecular complexity index is 1140. The van der Waals surface area contributed by atoms with Crippen molar-refractivity contribution in [3.05, 3.63) is 59.2 Å². The van der Waals surface area contributed by atoms with E-state index in [1.807, 2.05) is 30.3 Å². The first-order chi connectivity index (χ1) is 12.0. The maximum atomic E-state index is 12.4. The van der Waals surface area contributed by atoms with Crippen molar-refractivity contribution in [1.82, 2.24) is 0 Å². The molecule has 4 rings (SSSR count). The van der Waals surface area contributed by atoms with Gasteiger partial charge in [-0.05, 0) is 47.5 Å². The van der Waals surface area contributed by atoms with E-state index in [4.69, 9.17) is 11.8 Å². The van der Waals surface area contributed by atoms with Gasteiger partial charge in [-0.1, -0.05) is 24.3 Å². The van der Waals surface area contributed by atoms with Gasteiger partial charge in [0.2, 0.25) is 11.6 Å². The van der Waals surface area contributed by atoms with Crippen LogP contribution in [0.25, 0.3) is 27.6 Å². The van der Waals surface area contributed by atoms with Gasteiger partial charge in [0, 0.05) is 28.1 Å². The molecule has 5 heteroatoms. The van der Waals surface area contributed by atoms with Crippen molar-refractivity contribution in [3.63, 3.8) is 0 Å². The topological polar surface area (TPSA) is 63.2 Å². The molecule has 4 nitrogen and oxygen atoms in total. The van der Waals surface area contributed by atoms with Crippen LogP contribution in [0.5, 0.6) is 0 Å². The number of hydrogen-bond donors (Lipinski definition) is 1. The predicted octanol–water partition coefficient (Wildman–Crippen LogP) is 4.30. The number of allylic oxidation sites excluding steroid dienone is 1. The van der Waals surface area contributed by atoms with Gasteiger partial charge < -0.3 is 0 Å². The number of ketones is 3. The molecule has 1 aliphatic carbocycles. The maximum absolute atomic E-state index is 12.4. The Balaban J connectivity index is 2.12. The summed E-state index contributed by atoms with van der Waals surface area (Å²) >= 11 is 5.96. The highest BCUT2D eigenvalue weighted by Gasteiger charge is 2.30. The summed E-state index contributed by atoms with van der Waals surface area (Å²) in [5.74, 6) is -1.83. The average molecular weight is 350 g/mol. The molecule has 0 fully saturated rings. The summed E-state index contributed by atoms with van der Waals surface area (Å²) in [6.07, 6.45) is 1.48. The standard InChI is InChI=1S/C20H12ClNO3/c1-10(23)15-7-13-8-16-12(9-17(13)20(25)19(15)24)6-11-4-2-3-5-14(11)18(16)22-21/h2-9,22H,1H3. The Labute approximate surface area is 148 Å². The zero-order chi connectivity index (χ0) is 17.7. The van der Waals surface area contributed by atoms with Gasteiger partial charge in [0.05, 0.1) is 11.3 Å². The molecule has 0 bridgehead atoms. The molecular weight excluding hydrogens is 338 g/mol. The lowest BCUT2D eigenvalue weighted by atomic mass is 9.86. The Hall–Kier alpha value is -2.98. The third-order valence-corrected chi connectivity index (χ3v) is 4.69. The average Bonchev–Trinajstić information content (AvgIpc) is 2.61. The van der Waals surface area contributed by atoms with Crippen LogP contribution in [0, 0.1) is 0 Å². The summed E-state index contributed by atoms with van der Waals surface area (Å²) in [4.78, 5) is 38.9. The second-order valence-electron chi connectivity index (χ2n) is 6.00. The lowest BCUT2D eigenvalue weighted by Gasteiger charge is -2.16. The van der Waals surface area contributed by atoms with E-state index < -0.39 is 17.3 Å². The van der Waals surface area contributed by atoms with E-state index in [2.05, 4.69) is 4.84 Å². The monoisotopic (exact) mass is 349 g/mol. The normalized spacial score (nSPS) is 13.8. The molecule has 122 valence electrons. The van der Waals surface area contributed by atoms with E-state index in [1.165, 1.54) is 13.0 Å². The van der Waals surface area contributed by atoms with E-state index in [0.29, 0.717) is 11.1 Å². The highest BCUT2D eigenvalue weighted by molar-refractivity contribution is 6.57. The van der Waals surface area contributed by atoms with Crippen LogP contribution in [0.4, 0.5) is 5.69 Å². The van der Waals surface area contributed by atoms with Crippen LogP contribution < -0.4 is 4.84 Å². The van der Waals surface area contributed by atoms with Crippen LogP contribution in [0.15, 0.2) is 48.0 Å². The van der Waals surface area contributed by atoms with Crippen molar-refractivity contribution in [1.29, 1.82) is 0 Å². The quantitative estimate of drug-likeness (QED) is 0.324. The van der Waals surface area contributed by atoms with Crippen LogP contribution in [0.1, 0.15) is 22.8 Å². The largest absolute Gasteiger partial charge is 0.297 e. The third-order valence-electron chi connectivity index (χ3n) is 4.50. The smallest absolute Gasteiger partial charge is 0.237 e. The minimum absolute atomic E-state index is 0.0852. The highest BCUT2D eigenvalue weighted by Crippen LogP contribution is 2.36. The number of Topliss-reactive ketones (excluding diaryl/α,β-unsaturated/α-hetero) is 3. The first kappa shape index (κ1) is 15.5. The summed E-state index contributed by atoms with van der Waals surface area (Å²) in [7, 11) is 0. The molecule has 0 radical (unpaired) electrons. The van der Waals surface area contributed by atoms with Crippen molar-refractivity contribution >= 4 is 62.4 Å². The molecule has 3 aromatic rings. The van der Waals surface area contributed by atoms with Crippen molar-refractivity contribution in [2.75, 3.05) is 4.84 Å². The van der Waals surface area contributed by atoms with Gasteiger partial charge in [0.1, 0.15) is 0 Å². The highest BCUT2D eigenvalue weighted by atomic mass is 35.5. The predicted molar refractivity (Wildman–Crippen MR) is 98.9 cm³/mol. The molecule has 0 aliphatic heterocycles. The van der Waals surface area contributed by atoms with Crippen molar-refractivity contribution in [2.24, 2.45) is 0 Å². The van der Waals surface area contributed by atoms with E-state index in [9.17, 15) is 14.4 Å². The summed E-state index contributed by atoms with van der Waals surface area (Å²) < 4.78 is 0. The summed E-state index contributed by atoms with van der Waals surface area (Å²) in [6, 6.07) is 13.2. The first-order valence-corrected chi connectivity index (χ1v) is 8.07. The molecular formula is C20H12ClNO3. The maximum Gasteiger partial charge on any atom is 0.237 e. The summed E-state index contributed by atoms with van der Waals surface area (Å²) in [5, 5.41) is 3.52. The van der Waals surface area contributed by atoms with Gasteiger partial charge in [0.15, 0.2) is 5.78 Å². The first-order valence-electron chi connectivity index (χ1n) is 7.69. The van der Waals surface area contributed by atoms with Gasteiger partial charge in [-0.2, -0.15) is 0 Å². The third kappa shape index (κ3) is 2.26. The van der Waals surface area contributed by atoms with Crippen LogP contribution in [0.3, 0.4) is 0 Å². The molecule has 3 aromatic carbocycles. The Morgan fingerprint density at radius 2 is 1.72 bits per heavy atom. The summed E-state index contributed by atoms with van der Waals surface area (Å²) in [5.41, 5.74) is 1.49. The molecule has 1 N–H and O–H groups in total. The molecule has 1 aliphatic rings. The molecule has 0 saturated carbocycles. The lowest BCUT2D eigenvalue weighted by Crippen LogP contribution is -2.24. The SMILES string of the molecule is CC(=O)C1=Cc2cc3c(NCl)c4ccccc4cc3cc2C(=O)C1=O. The van der Waals surface area contributed by atoms with Crippen molar-refractivity contribution in [3.8, 4) is 0 Å². The molecule has 0 spiro atoms. The fourth-order valence-electron chi connectivity index (χ4n) is 3.28. The molecule has 0 unspecified atom stereocenters. The van der Waals surface area contributed by atoms with Crippen molar-refractivity contribution in [2.45, 2.75) is 6.92 Å². The number of carbonyl (C=O) groups excluding carboxylic acids is 3. The van der Waals surface area contributed by atoms with Gasteiger partial charge >= 0.3 is 0 Å². The molecule has 0 aromatic heterocycles. The summed E-state index contributed by atoms with van der Waals surface area (Å²) in [6.45, 7) is 1.28. The van der Waals surface area contributed by atoms with Crippen LogP contribution in [-0.4, -0.2) is 17.3 Å². The van der Waals surface area contributed by atoms with Gasteiger partial charge in [0.25, 0.3) is 0 Å². The van der Waals surface area contributed by atoms with E-state index in [1.54, 1.807) is 12.1 Å². The number of hydrogen-bond acceptors (Lipinski definition) is 4. The molecule has 25 heavy (non-hydrogen) atoms. The lowest BCUT2D eigenvalue weighted by molar-refractivity contribution is -0.118. The zero-order valence-electron chi connectivity index (χ0n) is 13.2. The van der Waals surface area contributed by atoms with Crippen molar-refractivity contribution < 1.29 is 14.4 Å². The van der Waals surface area contributed by atoms with Gasteiger partial charge in [-0.3, -0.25) is 19.2 Å². The Kier molecular flexibility index (Phi) is 3.44. The zero-order valence-corrected chi connectivity index (χ0v) is 14.0. The van der Waals surface area contributed by atoms with E-state index >= 15 is 0 Å². The molecule has 0 atom stereocenters. The molecule has 0 amide bonds. The number of carbonyl (C=O) groups is 3.